The van der Waals surface area contributed by atoms with Gasteiger partial charge in [0, 0.05) is 24.1 Å². The van der Waals surface area contributed by atoms with Crippen LogP contribution in [0.2, 0.25) is 0 Å². The highest BCUT2D eigenvalue weighted by molar-refractivity contribution is 9.10. The summed E-state index contributed by atoms with van der Waals surface area (Å²) < 4.78 is 14.1. The van der Waals surface area contributed by atoms with E-state index in [9.17, 15) is 9.18 Å². The van der Waals surface area contributed by atoms with E-state index in [4.69, 9.17) is 0 Å². The Bertz CT molecular complexity index is 686. The molecule has 0 fully saturated rings. The summed E-state index contributed by atoms with van der Waals surface area (Å²) in [6.07, 6.45) is 0. The molecule has 0 spiro atoms. The predicted molar refractivity (Wildman–Crippen MR) is 87.6 cm³/mol. The second-order valence-electron chi connectivity index (χ2n) is 4.97. The van der Waals surface area contributed by atoms with Gasteiger partial charge in [0.25, 0.3) is 5.91 Å². The number of amides is 1. The summed E-state index contributed by atoms with van der Waals surface area (Å²) in [4.78, 5) is 14.2. The monoisotopic (exact) mass is 350 g/mol. The Kier molecular flexibility index (Phi) is 4.63. The molecule has 0 bridgehead atoms. The number of carbonyl (C=O) groups is 1. The molecule has 3 nitrogen and oxygen atoms in total. The lowest BCUT2D eigenvalue weighted by Gasteiger charge is -2.18. The summed E-state index contributed by atoms with van der Waals surface area (Å²) >= 11 is 3.39. The first-order chi connectivity index (χ1) is 9.88. The van der Waals surface area contributed by atoms with Crippen molar-refractivity contribution in [2.24, 2.45) is 0 Å². The molecule has 1 amide bonds. The fraction of sp³-hybridized carbons (Fsp3) is 0.188. The molecule has 110 valence electrons. The maximum absolute atomic E-state index is 13.3. The number of hydrogen-bond acceptors (Lipinski definition) is 2. The largest absolute Gasteiger partial charge is 0.376 e. The number of halogens is 2. The highest BCUT2D eigenvalue weighted by Crippen LogP contribution is 2.28. The van der Waals surface area contributed by atoms with Crippen molar-refractivity contribution in [3.8, 4) is 0 Å². The number of nitrogens with one attached hydrogen (secondary N) is 1. The Morgan fingerprint density at radius 2 is 1.90 bits per heavy atom. The Morgan fingerprint density at radius 3 is 2.52 bits per heavy atom. The molecule has 21 heavy (non-hydrogen) atoms. The Labute approximate surface area is 131 Å². The van der Waals surface area contributed by atoms with Gasteiger partial charge in [-0.1, -0.05) is 15.9 Å². The van der Waals surface area contributed by atoms with Crippen molar-refractivity contribution in [1.29, 1.82) is 0 Å². The average Bonchev–Trinajstić information content (AvgIpc) is 2.41. The molecular formula is C16H16BrFN2O. The third-order valence-corrected chi connectivity index (χ3v) is 3.60. The zero-order chi connectivity index (χ0) is 15.6. The van der Waals surface area contributed by atoms with Crippen molar-refractivity contribution in [3.63, 3.8) is 0 Å². The van der Waals surface area contributed by atoms with E-state index in [0.29, 0.717) is 16.8 Å². The molecule has 2 aromatic carbocycles. The van der Waals surface area contributed by atoms with Gasteiger partial charge in [-0.3, -0.25) is 4.79 Å². The number of aryl methyl sites for hydroxylation is 1. The third kappa shape index (κ3) is 3.61. The zero-order valence-electron chi connectivity index (χ0n) is 12.1. The summed E-state index contributed by atoms with van der Waals surface area (Å²) in [5.41, 5.74) is 2.47. The van der Waals surface area contributed by atoms with E-state index in [1.54, 1.807) is 6.92 Å². The van der Waals surface area contributed by atoms with Crippen LogP contribution in [-0.4, -0.2) is 20.0 Å². The van der Waals surface area contributed by atoms with Gasteiger partial charge in [-0.15, -0.1) is 0 Å². The number of hydrogen-bond donors (Lipinski definition) is 1. The molecule has 0 aliphatic rings. The lowest BCUT2D eigenvalue weighted by molar-refractivity contribution is 0.102. The molecule has 0 aliphatic carbocycles. The molecule has 0 saturated carbocycles. The van der Waals surface area contributed by atoms with Crippen LogP contribution < -0.4 is 10.2 Å². The smallest absolute Gasteiger partial charge is 0.255 e. The second kappa shape index (κ2) is 6.26. The van der Waals surface area contributed by atoms with Gasteiger partial charge in [0.15, 0.2) is 0 Å². The van der Waals surface area contributed by atoms with Crippen molar-refractivity contribution in [2.45, 2.75) is 6.92 Å². The van der Waals surface area contributed by atoms with Gasteiger partial charge in [0.1, 0.15) is 5.82 Å². The maximum atomic E-state index is 13.3. The van der Waals surface area contributed by atoms with E-state index < -0.39 is 0 Å². The quantitative estimate of drug-likeness (QED) is 0.898. The Morgan fingerprint density at radius 1 is 1.19 bits per heavy atom. The summed E-state index contributed by atoms with van der Waals surface area (Å²) in [6.45, 7) is 1.64. The first-order valence-electron chi connectivity index (χ1n) is 6.43. The molecule has 0 atom stereocenters. The summed E-state index contributed by atoms with van der Waals surface area (Å²) in [5, 5.41) is 2.86. The van der Waals surface area contributed by atoms with Crippen LogP contribution in [0.25, 0.3) is 0 Å². The van der Waals surface area contributed by atoms with Gasteiger partial charge in [0.2, 0.25) is 0 Å². The second-order valence-corrected chi connectivity index (χ2v) is 5.89. The number of benzene rings is 2. The van der Waals surface area contributed by atoms with Gasteiger partial charge in [-0.25, -0.2) is 4.39 Å². The first kappa shape index (κ1) is 15.5. The van der Waals surface area contributed by atoms with Crippen molar-refractivity contribution < 1.29 is 9.18 Å². The molecular weight excluding hydrogens is 335 g/mol. The molecule has 0 heterocycles. The Hall–Kier alpha value is -1.88. The lowest BCUT2D eigenvalue weighted by atomic mass is 10.1. The molecule has 0 saturated heterocycles. The van der Waals surface area contributed by atoms with Crippen LogP contribution in [0.1, 0.15) is 15.9 Å². The number of rotatable bonds is 3. The van der Waals surface area contributed by atoms with Crippen LogP contribution in [0.15, 0.2) is 40.9 Å². The fourth-order valence-electron chi connectivity index (χ4n) is 1.98. The predicted octanol–water partition coefficient (Wildman–Crippen LogP) is 4.21. The van der Waals surface area contributed by atoms with E-state index in [-0.39, 0.29) is 11.7 Å². The number of nitrogens with zero attached hydrogens (tertiary/aromatic N) is 1. The van der Waals surface area contributed by atoms with Crippen LogP contribution in [-0.2, 0) is 0 Å². The molecule has 2 aromatic rings. The van der Waals surface area contributed by atoms with Crippen LogP contribution in [0, 0.1) is 12.7 Å². The minimum atomic E-state index is -0.317. The topological polar surface area (TPSA) is 32.3 Å². The van der Waals surface area contributed by atoms with Gasteiger partial charge in [-0.2, -0.15) is 0 Å². The number of carbonyl (C=O) groups excluding carboxylic acids is 1. The van der Waals surface area contributed by atoms with Gasteiger partial charge < -0.3 is 10.2 Å². The minimum Gasteiger partial charge on any atom is -0.376 e. The van der Waals surface area contributed by atoms with E-state index >= 15 is 0 Å². The summed E-state index contributed by atoms with van der Waals surface area (Å²) in [7, 11) is 3.81. The van der Waals surface area contributed by atoms with E-state index in [0.717, 1.165) is 10.2 Å². The number of anilines is 2. The fourth-order valence-corrected chi connectivity index (χ4v) is 2.34. The van der Waals surface area contributed by atoms with Crippen LogP contribution >= 0.6 is 15.9 Å². The van der Waals surface area contributed by atoms with E-state index in [1.165, 1.54) is 18.2 Å². The molecule has 1 N–H and O–H groups in total. The SMILES string of the molecule is Cc1cc(C(=O)Nc2cc(Br)ccc2N(C)C)ccc1F. The van der Waals surface area contributed by atoms with E-state index in [1.807, 2.05) is 37.2 Å². The molecule has 0 aliphatic heterocycles. The first-order valence-corrected chi connectivity index (χ1v) is 7.22. The molecule has 5 heteroatoms. The van der Waals surface area contributed by atoms with Gasteiger partial charge >= 0.3 is 0 Å². The normalized spacial score (nSPS) is 10.3. The summed E-state index contributed by atoms with van der Waals surface area (Å²) in [6, 6.07) is 9.98. The molecule has 0 radical (unpaired) electrons. The van der Waals surface area contributed by atoms with Crippen molar-refractivity contribution in [1.82, 2.24) is 0 Å². The maximum Gasteiger partial charge on any atom is 0.255 e. The highest BCUT2D eigenvalue weighted by atomic mass is 79.9. The average molecular weight is 351 g/mol. The van der Waals surface area contributed by atoms with Gasteiger partial charge in [-0.05, 0) is 48.9 Å². The minimum absolute atomic E-state index is 0.265. The van der Waals surface area contributed by atoms with Crippen molar-refractivity contribution in [3.05, 3.63) is 57.8 Å². The van der Waals surface area contributed by atoms with Crippen molar-refractivity contribution >= 4 is 33.2 Å². The van der Waals surface area contributed by atoms with Gasteiger partial charge in [0.05, 0.1) is 11.4 Å². The zero-order valence-corrected chi connectivity index (χ0v) is 13.7. The molecule has 0 aromatic heterocycles. The van der Waals surface area contributed by atoms with Crippen LogP contribution in [0.3, 0.4) is 0 Å². The van der Waals surface area contributed by atoms with Crippen molar-refractivity contribution in [2.75, 3.05) is 24.3 Å². The highest BCUT2D eigenvalue weighted by Gasteiger charge is 2.12. The van der Waals surface area contributed by atoms with Crippen LogP contribution in [0.5, 0.6) is 0 Å². The summed E-state index contributed by atoms with van der Waals surface area (Å²) in [5.74, 6) is -0.581. The molecule has 0 unspecified atom stereocenters. The third-order valence-electron chi connectivity index (χ3n) is 3.11. The lowest BCUT2D eigenvalue weighted by Crippen LogP contribution is -2.17. The Balaban J connectivity index is 2.30. The standard InChI is InChI=1S/C16H16BrFN2O/c1-10-8-11(4-6-13(10)18)16(21)19-14-9-12(17)5-7-15(14)20(2)3/h4-9H,1-3H3,(H,19,21). The van der Waals surface area contributed by atoms with Crippen LogP contribution in [0.4, 0.5) is 15.8 Å². The molecule has 2 rings (SSSR count). The van der Waals surface area contributed by atoms with E-state index in [2.05, 4.69) is 21.2 Å².